The number of amides is 1. The first-order valence-corrected chi connectivity index (χ1v) is 7.74. The Kier molecular flexibility index (Phi) is 4.70. The summed E-state index contributed by atoms with van der Waals surface area (Å²) in [5.41, 5.74) is 0.942. The average molecular weight is 355 g/mol. The van der Waals surface area contributed by atoms with Gasteiger partial charge in [-0.1, -0.05) is 0 Å². The fraction of sp³-hybridized carbons (Fsp3) is 0.176. The van der Waals surface area contributed by atoms with E-state index >= 15 is 0 Å². The van der Waals surface area contributed by atoms with E-state index in [9.17, 15) is 14.4 Å². The fourth-order valence-electron chi connectivity index (χ4n) is 2.45. The van der Waals surface area contributed by atoms with Crippen LogP contribution in [0.4, 0.5) is 0 Å². The van der Waals surface area contributed by atoms with Gasteiger partial charge < -0.3 is 14.6 Å². The van der Waals surface area contributed by atoms with E-state index in [4.69, 9.17) is 4.74 Å². The number of nitrogens with one attached hydrogen (secondary N) is 3. The average Bonchev–Trinajstić information content (AvgIpc) is 3.11. The third-order valence-corrected chi connectivity index (χ3v) is 3.89. The predicted molar refractivity (Wildman–Crippen MR) is 94.0 cm³/mol. The van der Waals surface area contributed by atoms with Gasteiger partial charge >= 0.3 is 5.69 Å². The smallest absolute Gasteiger partial charge is 0.328 e. The number of nitrogens with zero attached hydrogens (tertiary/aromatic N) is 2. The van der Waals surface area contributed by atoms with Gasteiger partial charge in [-0.3, -0.25) is 19.7 Å². The second kappa shape index (κ2) is 7.09. The van der Waals surface area contributed by atoms with Crippen molar-refractivity contribution in [1.29, 1.82) is 0 Å². The van der Waals surface area contributed by atoms with Crippen LogP contribution in [0.1, 0.15) is 15.9 Å². The van der Waals surface area contributed by atoms with Gasteiger partial charge in [0.2, 0.25) is 0 Å². The normalized spacial score (nSPS) is 10.5. The van der Waals surface area contributed by atoms with E-state index in [-0.39, 0.29) is 12.1 Å². The molecule has 0 spiro atoms. The highest BCUT2D eigenvalue weighted by Crippen LogP contribution is 2.23. The number of aromatic amines is 2. The monoisotopic (exact) mass is 355 g/mol. The highest BCUT2D eigenvalue weighted by Gasteiger charge is 2.14. The van der Waals surface area contributed by atoms with Crippen molar-refractivity contribution in [1.82, 2.24) is 25.1 Å². The van der Waals surface area contributed by atoms with Crippen LogP contribution in [0.15, 0.2) is 46.2 Å². The van der Waals surface area contributed by atoms with Crippen molar-refractivity contribution in [3.05, 3.63) is 68.6 Å². The van der Waals surface area contributed by atoms with Gasteiger partial charge in [0.05, 0.1) is 19.0 Å². The van der Waals surface area contributed by atoms with Crippen LogP contribution in [0.2, 0.25) is 0 Å². The van der Waals surface area contributed by atoms with Crippen LogP contribution in [0.5, 0.6) is 5.75 Å². The standard InChI is InChI=1S/C17H17N5O4/c1-22-9-13(16(24)20-17(22)25)15(23)18-7-11-8-19-21-14(11)10-3-5-12(26-2)6-4-10/h3-6,8-9H,7H2,1-2H3,(H,18,23)(H,19,21)(H,20,24,25). The lowest BCUT2D eigenvalue weighted by atomic mass is 10.1. The molecule has 2 heterocycles. The van der Waals surface area contributed by atoms with Gasteiger partial charge in [0.1, 0.15) is 11.3 Å². The molecule has 26 heavy (non-hydrogen) atoms. The van der Waals surface area contributed by atoms with Gasteiger partial charge in [-0.2, -0.15) is 5.10 Å². The molecule has 0 saturated carbocycles. The van der Waals surface area contributed by atoms with Crippen molar-refractivity contribution in [3.8, 4) is 17.0 Å². The lowest BCUT2D eigenvalue weighted by molar-refractivity contribution is 0.0948. The molecule has 3 aromatic rings. The Morgan fingerprint density at radius 3 is 2.69 bits per heavy atom. The molecule has 0 aliphatic rings. The zero-order valence-electron chi connectivity index (χ0n) is 14.2. The third-order valence-electron chi connectivity index (χ3n) is 3.89. The first-order valence-electron chi connectivity index (χ1n) is 7.74. The fourth-order valence-corrected chi connectivity index (χ4v) is 2.45. The zero-order valence-corrected chi connectivity index (χ0v) is 14.2. The van der Waals surface area contributed by atoms with Gasteiger partial charge in [0.15, 0.2) is 0 Å². The zero-order chi connectivity index (χ0) is 18.7. The number of benzene rings is 1. The molecule has 2 aromatic heterocycles. The van der Waals surface area contributed by atoms with E-state index in [0.29, 0.717) is 0 Å². The maximum atomic E-state index is 12.3. The summed E-state index contributed by atoms with van der Waals surface area (Å²) in [5, 5.41) is 9.57. The molecule has 0 saturated heterocycles. The molecule has 9 nitrogen and oxygen atoms in total. The van der Waals surface area contributed by atoms with Crippen LogP contribution in [0.3, 0.4) is 0 Å². The minimum absolute atomic E-state index is 0.137. The Hall–Kier alpha value is -3.62. The highest BCUT2D eigenvalue weighted by molar-refractivity contribution is 5.93. The molecule has 0 unspecified atom stereocenters. The first kappa shape index (κ1) is 17.2. The van der Waals surface area contributed by atoms with Gasteiger partial charge in [0.25, 0.3) is 11.5 Å². The lowest BCUT2D eigenvalue weighted by Gasteiger charge is -2.07. The van der Waals surface area contributed by atoms with Crippen molar-refractivity contribution in [2.45, 2.75) is 6.54 Å². The van der Waals surface area contributed by atoms with E-state index in [0.717, 1.165) is 27.1 Å². The van der Waals surface area contributed by atoms with Gasteiger partial charge in [0, 0.05) is 30.9 Å². The van der Waals surface area contributed by atoms with E-state index in [1.54, 1.807) is 13.3 Å². The second-order valence-corrected chi connectivity index (χ2v) is 5.59. The second-order valence-electron chi connectivity index (χ2n) is 5.59. The molecule has 0 bridgehead atoms. The number of carbonyl (C=O) groups excluding carboxylic acids is 1. The van der Waals surface area contributed by atoms with Crippen LogP contribution in [0, 0.1) is 0 Å². The van der Waals surface area contributed by atoms with Crippen LogP contribution in [0.25, 0.3) is 11.3 Å². The summed E-state index contributed by atoms with van der Waals surface area (Å²) in [6.45, 7) is 0.166. The number of rotatable bonds is 5. The van der Waals surface area contributed by atoms with Crippen LogP contribution >= 0.6 is 0 Å². The molecule has 9 heteroatoms. The molecular formula is C17H17N5O4. The van der Waals surface area contributed by atoms with Crippen LogP contribution in [-0.4, -0.2) is 32.8 Å². The third kappa shape index (κ3) is 3.41. The molecule has 1 amide bonds. The summed E-state index contributed by atoms with van der Waals surface area (Å²) in [6, 6.07) is 7.38. The molecule has 3 rings (SSSR count). The van der Waals surface area contributed by atoms with E-state index in [1.807, 2.05) is 24.3 Å². The number of aryl methyl sites for hydroxylation is 1. The summed E-state index contributed by atoms with van der Waals surface area (Å²) in [4.78, 5) is 37.5. The summed E-state index contributed by atoms with van der Waals surface area (Å²) in [7, 11) is 3.04. The number of hydrogen-bond acceptors (Lipinski definition) is 5. The number of H-pyrrole nitrogens is 2. The van der Waals surface area contributed by atoms with Crippen molar-refractivity contribution < 1.29 is 9.53 Å². The van der Waals surface area contributed by atoms with Crippen LogP contribution < -0.4 is 21.3 Å². The molecule has 0 aliphatic heterocycles. The maximum Gasteiger partial charge on any atom is 0.328 e. The van der Waals surface area contributed by atoms with E-state index in [2.05, 4.69) is 20.5 Å². The number of methoxy groups -OCH3 is 1. The lowest BCUT2D eigenvalue weighted by Crippen LogP contribution is -2.35. The van der Waals surface area contributed by atoms with Gasteiger partial charge in [-0.15, -0.1) is 0 Å². The number of hydrogen-bond donors (Lipinski definition) is 3. The van der Waals surface area contributed by atoms with Crippen molar-refractivity contribution in [2.24, 2.45) is 7.05 Å². The number of aromatic nitrogens is 4. The SMILES string of the molecule is COc1ccc(-c2[nH]ncc2CNC(=O)c2cn(C)c(=O)[nH]c2=O)cc1. The van der Waals surface area contributed by atoms with E-state index in [1.165, 1.54) is 13.2 Å². The molecule has 0 fully saturated rings. The summed E-state index contributed by atoms with van der Waals surface area (Å²) in [5.74, 6) is 0.153. The van der Waals surface area contributed by atoms with Gasteiger partial charge in [-0.25, -0.2) is 4.79 Å². The van der Waals surface area contributed by atoms with Gasteiger partial charge in [-0.05, 0) is 24.3 Å². The highest BCUT2D eigenvalue weighted by atomic mass is 16.5. The summed E-state index contributed by atoms with van der Waals surface area (Å²) < 4.78 is 6.27. The van der Waals surface area contributed by atoms with Crippen molar-refractivity contribution in [3.63, 3.8) is 0 Å². The Labute approximate surface area is 147 Å². The summed E-state index contributed by atoms with van der Waals surface area (Å²) >= 11 is 0. The Morgan fingerprint density at radius 2 is 2.00 bits per heavy atom. The Bertz CT molecular complexity index is 1050. The molecular weight excluding hydrogens is 338 g/mol. The Balaban J connectivity index is 1.78. The number of ether oxygens (including phenoxy) is 1. The molecule has 1 aromatic carbocycles. The topological polar surface area (TPSA) is 122 Å². The van der Waals surface area contributed by atoms with Crippen LogP contribution in [-0.2, 0) is 13.6 Å². The maximum absolute atomic E-state index is 12.3. The minimum atomic E-state index is -0.729. The Morgan fingerprint density at radius 1 is 1.27 bits per heavy atom. The quantitative estimate of drug-likeness (QED) is 0.612. The number of carbonyl (C=O) groups is 1. The summed E-state index contributed by atoms with van der Waals surface area (Å²) in [6.07, 6.45) is 2.81. The largest absolute Gasteiger partial charge is 0.497 e. The minimum Gasteiger partial charge on any atom is -0.497 e. The van der Waals surface area contributed by atoms with Crippen molar-refractivity contribution >= 4 is 5.91 Å². The predicted octanol–water partition coefficient (Wildman–Crippen LogP) is 0.402. The molecule has 134 valence electrons. The molecule has 0 radical (unpaired) electrons. The van der Waals surface area contributed by atoms with E-state index < -0.39 is 17.2 Å². The molecule has 3 N–H and O–H groups in total. The van der Waals surface area contributed by atoms with Crippen molar-refractivity contribution in [2.75, 3.05) is 7.11 Å². The molecule has 0 atom stereocenters. The first-order chi connectivity index (χ1) is 12.5. The molecule has 0 aliphatic carbocycles.